The first-order chi connectivity index (χ1) is 6.83. The third kappa shape index (κ3) is 1.42. The zero-order valence-corrected chi connectivity index (χ0v) is 7.99. The Labute approximate surface area is 82.4 Å². The number of hydrogen-bond donors (Lipinski definition) is 0. The van der Waals surface area contributed by atoms with E-state index in [0.29, 0.717) is 6.61 Å². The van der Waals surface area contributed by atoms with Crippen LogP contribution in [0.3, 0.4) is 0 Å². The summed E-state index contributed by atoms with van der Waals surface area (Å²) in [6.45, 7) is 2.62. The molecule has 0 spiro atoms. The van der Waals surface area contributed by atoms with Crippen LogP contribution >= 0.6 is 0 Å². The number of benzene rings is 1. The minimum absolute atomic E-state index is 0.0718. The monoisotopic (exact) mass is 189 g/mol. The fourth-order valence-electron chi connectivity index (χ4n) is 1.82. The number of rotatable bonds is 1. The van der Waals surface area contributed by atoms with Crippen LogP contribution in [0, 0.1) is 6.92 Å². The summed E-state index contributed by atoms with van der Waals surface area (Å²) in [6.07, 6.45) is 2.38. The molecule has 2 rings (SSSR count). The lowest BCUT2D eigenvalue weighted by Crippen LogP contribution is -2.13. The zero-order valence-electron chi connectivity index (χ0n) is 7.99. The van der Waals surface area contributed by atoms with Gasteiger partial charge in [0.25, 0.3) is 0 Å². The number of isocyanates is 1. The van der Waals surface area contributed by atoms with Gasteiger partial charge in [-0.25, -0.2) is 4.79 Å². The van der Waals surface area contributed by atoms with E-state index >= 15 is 0 Å². The van der Waals surface area contributed by atoms with E-state index < -0.39 is 0 Å². The first kappa shape index (κ1) is 8.97. The van der Waals surface area contributed by atoms with Gasteiger partial charge in [-0.3, -0.25) is 0 Å². The van der Waals surface area contributed by atoms with Crippen LogP contribution in [0.25, 0.3) is 0 Å². The molecule has 1 aliphatic rings. The molecule has 0 bridgehead atoms. The van der Waals surface area contributed by atoms with Gasteiger partial charge in [0.05, 0.1) is 12.6 Å². The molecule has 3 heteroatoms. The largest absolute Gasteiger partial charge is 0.493 e. The van der Waals surface area contributed by atoms with E-state index in [1.54, 1.807) is 6.08 Å². The molecule has 1 aromatic rings. The van der Waals surface area contributed by atoms with Crippen molar-refractivity contribution in [1.82, 2.24) is 0 Å². The summed E-state index contributed by atoms with van der Waals surface area (Å²) in [4.78, 5) is 14.1. The van der Waals surface area contributed by atoms with Crippen molar-refractivity contribution in [1.29, 1.82) is 0 Å². The predicted octanol–water partition coefficient (Wildman–Crippen LogP) is 2.15. The fraction of sp³-hybridized carbons (Fsp3) is 0.364. The summed E-state index contributed by atoms with van der Waals surface area (Å²) in [5.74, 6) is 0.847. The van der Waals surface area contributed by atoms with Crippen LogP contribution in [0.2, 0.25) is 0 Å². The summed E-state index contributed by atoms with van der Waals surface area (Å²) in [6, 6.07) is 5.79. The van der Waals surface area contributed by atoms with Gasteiger partial charge in [-0.15, -0.1) is 0 Å². The molecule has 1 heterocycles. The molecule has 0 aliphatic carbocycles. The van der Waals surface area contributed by atoms with Crippen molar-refractivity contribution >= 4 is 6.08 Å². The van der Waals surface area contributed by atoms with Gasteiger partial charge in [0, 0.05) is 12.0 Å². The Morgan fingerprint density at radius 3 is 3.21 bits per heavy atom. The number of nitrogens with zero attached hydrogens (tertiary/aromatic N) is 1. The van der Waals surface area contributed by atoms with Gasteiger partial charge in [-0.1, -0.05) is 12.1 Å². The summed E-state index contributed by atoms with van der Waals surface area (Å²) in [5.41, 5.74) is 2.15. The van der Waals surface area contributed by atoms with Crippen LogP contribution in [0.15, 0.2) is 23.2 Å². The minimum atomic E-state index is -0.0718. The maximum absolute atomic E-state index is 10.3. The van der Waals surface area contributed by atoms with Gasteiger partial charge in [0.15, 0.2) is 0 Å². The van der Waals surface area contributed by atoms with Crippen LogP contribution < -0.4 is 4.74 Å². The van der Waals surface area contributed by atoms with Crippen molar-refractivity contribution < 1.29 is 9.53 Å². The lowest BCUT2D eigenvalue weighted by atomic mass is 9.96. The molecule has 3 nitrogen and oxygen atoms in total. The molecule has 1 atom stereocenters. The van der Waals surface area contributed by atoms with E-state index in [0.717, 1.165) is 23.3 Å². The fourth-order valence-corrected chi connectivity index (χ4v) is 1.82. The molecular formula is C11H11NO2. The number of carbonyl (C=O) groups excluding carboxylic acids is 1. The van der Waals surface area contributed by atoms with Gasteiger partial charge >= 0.3 is 0 Å². The number of hydrogen-bond acceptors (Lipinski definition) is 3. The van der Waals surface area contributed by atoms with Crippen molar-refractivity contribution in [3.63, 3.8) is 0 Å². The number of aliphatic imine (C=N–C) groups is 1. The SMILES string of the molecule is Cc1cccc2c1C(N=C=O)CCO2. The smallest absolute Gasteiger partial charge is 0.235 e. The molecular weight excluding hydrogens is 178 g/mol. The average molecular weight is 189 g/mol. The molecule has 1 unspecified atom stereocenters. The standard InChI is InChI=1S/C11H11NO2/c1-8-3-2-4-10-11(8)9(12-7-13)5-6-14-10/h2-4,9H,5-6H2,1H3. The van der Waals surface area contributed by atoms with Gasteiger partial charge < -0.3 is 4.74 Å². The molecule has 0 saturated carbocycles. The Hall–Kier alpha value is -1.60. The molecule has 0 radical (unpaired) electrons. The quantitative estimate of drug-likeness (QED) is 0.501. The second kappa shape index (κ2) is 3.64. The maximum atomic E-state index is 10.3. The highest BCUT2D eigenvalue weighted by Gasteiger charge is 2.22. The van der Waals surface area contributed by atoms with Crippen molar-refractivity contribution in [3.05, 3.63) is 29.3 Å². The van der Waals surface area contributed by atoms with E-state index in [-0.39, 0.29) is 6.04 Å². The highest BCUT2D eigenvalue weighted by Crippen LogP contribution is 2.36. The molecule has 1 aliphatic heterocycles. The lowest BCUT2D eigenvalue weighted by Gasteiger charge is -2.23. The van der Waals surface area contributed by atoms with Crippen LogP contribution in [0.4, 0.5) is 0 Å². The number of fused-ring (bicyclic) bond motifs is 1. The Kier molecular flexibility index (Phi) is 2.33. The summed E-state index contributed by atoms with van der Waals surface area (Å²) >= 11 is 0. The van der Waals surface area contributed by atoms with E-state index in [9.17, 15) is 4.79 Å². The Morgan fingerprint density at radius 1 is 1.57 bits per heavy atom. The van der Waals surface area contributed by atoms with Crippen molar-refractivity contribution in [2.75, 3.05) is 6.61 Å². The zero-order chi connectivity index (χ0) is 9.97. The van der Waals surface area contributed by atoms with Gasteiger partial charge in [-0.05, 0) is 18.6 Å². The Morgan fingerprint density at radius 2 is 2.43 bits per heavy atom. The van der Waals surface area contributed by atoms with Gasteiger partial charge in [-0.2, -0.15) is 4.99 Å². The predicted molar refractivity (Wildman–Crippen MR) is 52.2 cm³/mol. The van der Waals surface area contributed by atoms with Gasteiger partial charge in [0.1, 0.15) is 5.75 Å². The van der Waals surface area contributed by atoms with Crippen molar-refractivity contribution in [3.8, 4) is 5.75 Å². The van der Waals surface area contributed by atoms with Crippen molar-refractivity contribution in [2.24, 2.45) is 4.99 Å². The minimum Gasteiger partial charge on any atom is -0.493 e. The normalized spacial score (nSPS) is 19.1. The third-order valence-corrected chi connectivity index (χ3v) is 2.47. The second-order valence-electron chi connectivity index (χ2n) is 3.36. The van der Waals surface area contributed by atoms with Crippen LogP contribution in [0.1, 0.15) is 23.6 Å². The molecule has 0 fully saturated rings. The molecule has 1 aromatic carbocycles. The molecule has 0 N–H and O–H groups in total. The molecule has 0 aromatic heterocycles. The van der Waals surface area contributed by atoms with E-state index in [4.69, 9.17) is 4.74 Å². The third-order valence-electron chi connectivity index (χ3n) is 2.47. The maximum Gasteiger partial charge on any atom is 0.235 e. The molecule has 0 amide bonds. The molecule has 72 valence electrons. The first-order valence-corrected chi connectivity index (χ1v) is 4.62. The van der Waals surface area contributed by atoms with E-state index in [2.05, 4.69) is 4.99 Å². The van der Waals surface area contributed by atoms with Crippen LogP contribution in [-0.4, -0.2) is 12.7 Å². The number of ether oxygens (including phenoxy) is 1. The van der Waals surface area contributed by atoms with Crippen LogP contribution in [0.5, 0.6) is 5.75 Å². The highest BCUT2D eigenvalue weighted by molar-refractivity contribution is 5.45. The highest BCUT2D eigenvalue weighted by atomic mass is 16.5. The Bertz CT molecular complexity index is 394. The van der Waals surface area contributed by atoms with Gasteiger partial charge in [0.2, 0.25) is 6.08 Å². The second-order valence-corrected chi connectivity index (χ2v) is 3.36. The summed E-state index contributed by atoms with van der Waals surface area (Å²) < 4.78 is 5.49. The average Bonchev–Trinajstić information content (AvgIpc) is 2.19. The number of aryl methyl sites for hydroxylation is 1. The van der Waals surface area contributed by atoms with Crippen molar-refractivity contribution in [2.45, 2.75) is 19.4 Å². The van der Waals surface area contributed by atoms with E-state index in [1.807, 2.05) is 25.1 Å². The molecule has 14 heavy (non-hydrogen) atoms. The van der Waals surface area contributed by atoms with E-state index in [1.165, 1.54) is 0 Å². The lowest BCUT2D eigenvalue weighted by molar-refractivity contribution is 0.269. The topological polar surface area (TPSA) is 38.7 Å². The Balaban J connectivity index is 2.51. The first-order valence-electron chi connectivity index (χ1n) is 4.62. The van der Waals surface area contributed by atoms with Crippen LogP contribution in [-0.2, 0) is 4.79 Å². The summed E-state index contributed by atoms with van der Waals surface area (Å²) in [7, 11) is 0. The summed E-state index contributed by atoms with van der Waals surface area (Å²) in [5, 5.41) is 0. The molecule has 0 saturated heterocycles.